The standard InChI is InChI=1S/C13H17FN2O3/c14-4-6-19-11-3-1-2-10(8-11)16-13(17)12-9-18-7-5-15-12/h1-3,8,12,15H,4-7,9H2,(H,16,17). The van der Waals surface area contributed by atoms with E-state index in [1.807, 2.05) is 0 Å². The highest BCUT2D eigenvalue weighted by molar-refractivity contribution is 5.95. The van der Waals surface area contributed by atoms with Gasteiger partial charge >= 0.3 is 0 Å². The molecule has 19 heavy (non-hydrogen) atoms. The summed E-state index contributed by atoms with van der Waals surface area (Å²) >= 11 is 0. The number of ether oxygens (including phenoxy) is 2. The molecule has 104 valence electrons. The monoisotopic (exact) mass is 268 g/mol. The highest BCUT2D eigenvalue weighted by Crippen LogP contribution is 2.17. The molecule has 1 unspecified atom stereocenters. The molecule has 0 aliphatic carbocycles. The Morgan fingerprint density at radius 2 is 2.47 bits per heavy atom. The van der Waals surface area contributed by atoms with Crippen molar-refractivity contribution in [2.24, 2.45) is 0 Å². The van der Waals surface area contributed by atoms with Gasteiger partial charge in [-0.15, -0.1) is 0 Å². The number of alkyl halides is 1. The van der Waals surface area contributed by atoms with Crippen LogP contribution in [0.5, 0.6) is 5.75 Å². The number of halogens is 1. The Hall–Kier alpha value is -1.66. The van der Waals surface area contributed by atoms with Crippen LogP contribution in [0.1, 0.15) is 0 Å². The Morgan fingerprint density at radius 1 is 1.58 bits per heavy atom. The molecule has 1 fully saturated rings. The van der Waals surface area contributed by atoms with Crippen LogP contribution in [-0.2, 0) is 9.53 Å². The first-order valence-electron chi connectivity index (χ1n) is 6.20. The molecule has 1 aliphatic heterocycles. The topological polar surface area (TPSA) is 59.6 Å². The van der Waals surface area contributed by atoms with E-state index in [1.54, 1.807) is 24.3 Å². The van der Waals surface area contributed by atoms with Crippen LogP contribution in [0.4, 0.5) is 10.1 Å². The number of hydrogen-bond donors (Lipinski definition) is 2. The maximum absolute atomic E-state index is 12.0. The second-order valence-electron chi connectivity index (χ2n) is 4.14. The van der Waals surface area contributed by atoms with E-state index in [0.717, 1.165) is 0 Å². The van der Waals surface area contributed by atoms with E-state index in [-0.39, 0.29) is 18.6 Å². The quantitative estimate of drug-likeness (QED) is 0.835. The minimum Gasteiger partial charge on any atom is -0.491 e. The maximum Gasteiger partial charge on any atom is 0.243 e. The third-order valence-corrected chi connectivity index (χ3v) is 2.69. The number of carbonyl (C=O) groups is 1. The number of amides is 1. The predicted octanol–water partition coefficient (Wildman–Crippen LogP) is 0.962. The molecule has 1 saturated heterocycles. The average molecular weight is 268 g/mol. The van der Waals surface area contributed by atoms with Crippen LogP contribution in [0.2, 0.25) is 0 Å². The average Bonchev–Trinajstić information content (AvgIpc) is 2.46. The Morgan fingerprint density at radius 3 is 3.21 bits per heavy atom. The lowest BCUT2D eigenvalue weighted by atomic mass is 10.2. The van der Waals surface area contributed by atoms with Crippen molar-refractivity contribution >= 4 is 11.6 Å². The van der Waals surface area contributed by atoms with Crippen molar-refractivity contribution in [3.8, 4) is 5.75 Å². The van der Waals surface area contributed by atoms with Crippen LogP contribution in [0.15, 0.2) is 24.3 Å². The Bertz CT molecular complexity index is 422. The number of rotatable bonds is 5. The van der Waals surface area contributed by atoms with E-state index < -0.39 is 6.67 Å². The second-order valence-corrected chi connectivity index (χ2v) is 4.14. The summed E-state index contributed by atoms with van der Waals surface area (Å²) in [6.45, 7) is 1.12. The van der Waals surface area contributed by atoms with Crippen molar-refractivity contribution in [2.75, 3.05) is 38.4 Å². The van der Waals surface area contributed by atoms with Gasteiger partial charge in [-0.1, -0.05) is 6.07 Å². The van der Waals surface area contributed by atoms with Gasteiger partial charge < -0.3 is 20.1 Å². The zero-order valence-electron chi connectivity index (χ0n) is 10.5. The zero-order valence-corrected chi connectivity index (χ0v) is 10.5. The molecule has 0 bridgehead atoms. The van der Waals surface area contributed by atoms with Crippen molar-refractivity contribution in [1.82, 2.24) is 5.32 Å². The first-order valence-corrected chi connectivity index (χ1v) is 6.20. The lowest BCUT2D eigenvalue weighted by Crippen LogP contribution is -2.48. The largest absolute Gasteiger partial charge is 0.491 e. The molecule has 1 aromatic carbocycles. The molecule has 1 heterocycles. The summed E-state index contributed by atoms with van der Waals surface area (Å²) in [5, 5.41) is 5.84. The second kappa shape index (κ2) is 7.06. The van der Waals surface area contributed by atoms with Gasteiger partial charge in [0.15, 0.2) is 0 Å². The molecular weight excluding hydrogens is 251 g/mol. The minimum atomic E-state index is -0.542. The first kappa shape index (κ1) is 13.8. The fourth-order valence-electron chi connectivity index (χ4n) is 1.78. The van der Waals surface area contributed by atoms with Crippen molar-refractivity contribution in [1.29, 1.82) is 0 Å². The van der Waals surface area contributed by atoms with Crippen molar-refractivity contribution in [3.05, 3.63) is 24.3 Å². The summed E-state index contributed by atoms with van der Waals surface area (Å²) in [6, 6.07) is 6.53. The molecule has 0 aromatic heterocycles. The molecule has 0 saturated carbocycles. The van der Waals surface area contributed by atoms with Gasteiger partial charge in [0.1, 0.15) is 25.1 Å². The molecule has 1 amide bonds. The maximum atomic E-state index is 12.0. The summed E-state index contributed by atoms with van der Waals surface area (Å²) in [5.74, 6) is 0.380. The fourth-order valence-corrected chi connectivity index (χ4v) is 1.78. The molecule has 2 rings (SSSR count). The molecule has 6 heteroatoms. The molecule has 1 aliphatic rings. The number of carbonyl (C=O) groups excluding carboxylic acids is 1. The van der Waals surface area contributed by atoms with E-state index in [9.17, 15) is 9.18 Å². The SMILES string of the molecule is O=C(Nc1cccc(OCCF)c1)C1COCCN1. The third-order valence-electron chi connectivity index (χ3n) is 2.69. The zero-order chi connectivity index (χ0) is 13.5. The summed E-state index contributed by atoms with van der Waals surface area (Å²) in [4.78, 5) is 11.9. The van der Waals surface area contributed by atoms with Crippen LogP contribution in [0.3, 0.4) is 0 Å². The number of anilines is 1. The fraction of sp³-hybridized carbons (Fsp3) is 0.462. The van der Waals surface area contributed by atoms with Crippen molar-refractivity contribution in [2.45, 2.75) is 6.04 Å². The van der Waals surface area contributed by atoms with Gasteiger partial charge in [0.25, 0.3) is 0 Å². The highest BCUT2D eigenvalue weighted by atomic mass is 19.1. The van der Waals surface area contributed by atoms with E-state index in [4.69, 9.17) is 9.47 Å². The van der Waals surface area contributed by atoms with Crippen molar-refractivity contribution < 1.29 is 18.7 Å². The van der Waals surface area contributed by atoms with Crippen LogP contribution >= 0.6 is 0 Å². The number of morpholine rings is 1. The van der Waals surface area contributed by atoms with Gasteiger partial charge in [0.2, 0.25) is 5.91 Å². The summed E-state index contributed by atoms with van der Waals surface area (Å²) in [5.41, 5.74) is 0.619. The molecule has 2 N–H and O–H groups in total. The lowest BCUT2D eigenvalue weighted by Gasteiger charge is -2.22. The lowest BCUT2D eigenvalue weighted by molar-refractivity contribution is -0.120. The van der Waals surface area contributed by atoms with Gasteiger partial charge in [-0.05, 0) is 12.1 Å². The number of benzene rings is 1. The van der Waals surface area contributed by atoms with Crippen LogP contribution in [0.25, 0.3) is 0 Å². The molecule has 1 aromatic rings. The first-order chi connectivity index (χ1) is 9.29. The Kier molecular flexibility index (Phi) is 5.11. The third kappa shape index (κ3) is 4.18. The molecule has 0 spiro atoms. The summed E-state index contributed by atoms with van der Waals surface area (Å²) in [6.07, 6.45) is 0. The molecular formula is C13H17FN2O3. The van der Waals surface area contributed by atoms with Gasteiger partial charge in [-0.25, -0.2) is 4.39 Å². The number of hydrogen-bond acceptors (Lipinski definition) is 4. The number of nitrogens with one attached hydrogen (secondary N) is 2. The summed E-state index contributed by atoms with van der Waals surface area (Å²) in [7, 11) is 0. The highest BCUT2D eigenvalue weighted by Gasteiger charge is 2.21. The summed E-state index contributed by atoms with van der Waals surface area (Å²) < 4.78 is 22.4. The van der Waals surface area contributed by atoms with Crippen LogP contribution < -0.4 is 15.4 Å². The van der Waals surface area contributed by atoms with Gasteiger partial charge in [0.05, 0.1) is 13.2 Å². The van der Waals surface area contributed by atoms with E-state index >= 15 is 0 Å². The van der Waals surface area contributed by atoms with E-state index in [2.05, 4.69) is 10.6 Å². The smallest absolute Gasteiger partial charge is 0.243 e. The van der Waals surface area contributed by atoms with Gasteiger partial charge in [-0.2, -0.15) is 0 Å². The van der Waals surface area contributed by atoms with Crippen molar-refractivity contribution in [3.63, 3.8) is 0 Å². The van der Waals surface area contributed by atoms with Gasteiger partial charge in [-0.3, -0.25) is 4.79 Å². The Balaban J connectivity index is 1.92. The minimum absolute atomic E-state index is 0.00935. The molecule has 5 nitrogen and oxygen atoms in total. The van der Waals surface area contributed by atoms with E-state index in [0.29, 0.717) is 31.2 Å². The van der Waals surface area contributed by atoms with Gasteiger partial charge in [0, 0.05) is 18.3 Å². The molecule has 1 atom stereocenters. The molecule has 0 radical (unpaired) electrons. The van der Waals surface area contributed by atoms with E-state index in [1.165, 1.54) is 0 Å². The Labute approximate surface area is 111 Å². The predicted molar refractivity (Wildman–Crippen MR) is 69.2 cm³/mol. The normalized spacial score (nSPS) is 18.9. The van der Waals surface area contributed by atoms with Crippen LogP contribution in [-0.4, -0.2) is 45.0 Å². The van der Waals surface area contributed by atoms with Crippen LogP contribution in [0, 0.1) is 0 Å².